The van der Waals surface area contributed by atoms with Crippen molar-refractivity contribution in [2.45, 2.75) is 19.4 Å². The number of rotatable bonds is 7. The molecule has 0 saturated heterocycles. The molecule has 2 aromatic carbocycles. The first-order chi connectivity index (χ1) is 10.2. The van der Waals surface area contributed by atoms with Crippen molar-refractivity contribution in [3.8, 4) is 5.75 Å². The Kier molecular flexibility index (Phi) is 5.29. The van der Waals surface area contributed by atoms with Gasteiger partial charge in [0.15, 0.2) is 0 Å². The number of ether oxygens (including phenoxy) is 1. The molecule has 0 atom stereocenters. The van der Waals surface area contributed by atoms with E-state index in [9.17, 15) is 10.1 Å². The van der Waals surface area contributed by atoms with Gasteiger partial charge in [-0.15, -0.1) is 0 Å². The molecule has 2 rings (SSSR count). The van der Waals surface area contributed by atoms with E-state index in [-0.39, 0.29) is 12.3 Å². The Morgan fingerprint density at radius 3 is 2.52 bits per heavy atom. The standard InChI is InChI=1S/C16H17NO4/c18-8-4-7-14-9-15(17(19)20)11-16(10-14)21-12-13-5-2-1-3-6-13/h1-3,5-6,9-11,18H,4,7-8,12H2. The minimum atomic E-state index is -0.433. The maximum absolute atomic E-state index is 11.0. The van der Waals surface area contributed by atoms with E-state index < -0.39 is 4.92 Å². The molecule has 0 bridgehead atoms. The van der Waals surface area contributed by atoms with E-state index in [1.165, 1.54) is 12.1 Å². The molecule has 0 fully saturated rings. The van der Waals surface area contributed by atoms with Crippen molar-refractivity contribution >= 4 is 5.69 Å². The van der Waals surface area contributed by atoms with Crippen LogP contribution < -0.4 is 4.74 Å². The molecule has 0 aliphatic carbocycles. The summed E-state index contributed by atoms with van der Waals surface area (Å²) in [5.41, 5.74) is 1.80. The second-order valence-corrected chi connectivity index (χ2v) is 4.69. The summed E-state index contributed by atoms with van der Waals surface area (Å²) in [5, 5.41) is 19.8. The Bertz CT molecular complexity index is 598. The molecule has 5 heteroatoms. The second-order valence-electron chi connectivity index (χ2n) is 4.69. The van der Waals surface area contributed by atoms with E-state index in [2.05, 4.69) is 0 Å². The van der Waals surface area contributed by atoms with E-state index in [1.54, 1.807) is 6.07 Å². The minimum absolute atomic E-state index is 0.00787. The second kappa shape index (κ2) is 7.40. The fourth-order valence-corrected chi connectivity index (χ4v) is 2.00. The van der Waals surface area contributed by atoms with Gasteiger partial charge in [-0.25, -0.2) is 0 Å². The summed E-state index contributed by atoms with van der Waals surface area (Å²) in [4.78, 5) is 10.5. The smallest absolute Gasteiger partial charge is 0.273 e. The summed E-state index contributed by atoms with van der Waals surface area (Å²) in [5.74, 6) is 0.473. The van der Waals surface area contributed by atoms with Gasteiger partial charge >= 0.3 is 0 Å². The van der Waals surface area contributed by atoms with E-state index in [1.807, 2.05) is 30.3 Å². The van der Waals surface area contributed by atoms with Crippen LogP contribution in [0.1, 0.15) is 17.5 Å². The number of benzene rings is 2. The highest BCUT2D eigenvalue weighted by molar-refractivity contribution is 5.43. The number of non-ortho nitro benzene ring substituents is 1. The number of nitro benzene ring substituents is 1. The van der Waals surface area contributed by atoms with Crippen LogP contribution in [-0.2, 0) is 13.0 Å². The third kappa shape index (κ3) is 4.57. The molecule has 21 heavy (non-hydrogen) atoms. The molecule has 0 aromatic heterocycles. The highest BCUT2D eigenvalue weighted by Crippen LogP contribution is 2.24. The molecule has 0 radical (unpaired) electrons. The zero-order valence-corrected chi connectivity index (χ0v) is 11.6. The van der Waals surface area contributed by atoms with E-state index in [0.29, 0.717) is 25.2 Å². The van der Waals surface area contributed by atoms with Gasteiger partial charge in [0.2, 0.25) is 0 Å². The SMILES string of the molecule is O=[N+]([O-])c1cc(CCCO)cc(OCc2ccccc2)c1. The lowest BCUT2D eigenvalue weighted by molar-refractivity contribution is -0.385. The summed E-state index contributed by atoms with van der Waals surface area (Å²) in [6.07, 6.45) is 1.15. The molecule has 0 aliphatic heterocycles. The first-order valence-electron chi connectivity index (χ1n) is 6.75. The van der Waals surface area contributed by atoms with Crippen LogP contribution in [0, 0.1) is 10.1 Å². The van der Waals surface area contributed by atoms with Gasteiger partial charge in [-0.2, -0.15) is 0 Å². The summed E-state index contributed by atoms with van der Waals surface area (Å²) < 4.78 is 5.64. The van der Waals surface area contributed by atoms with Crippen molar-refractivity contribution in [3.63, 3.8) is 0 Å². The molecule has 1 N–H and O–H groups in total. The van der Waals surface area contributed by atoms with Crippen LogP contribution in [0.15, 0.2) is 48.5 Å². The van der Waals surface area contributed by atoms with Gasteiger partial charge in [0.1, 0.15) is 12.4 Å². The lowest BCUT2D eigenvalue weighted by atomic mass is 10.1. The molecule has 2 aromatic rings. The van der Waals surface area contributed by atoms with Crippen LogP contribution in [0.3, 0.4) is 0 Å². The first kappa shape index (κ1) is 15.0. The monoisotopic (exact) mass is 287 g/mol. The highest BCUT2D eigenvalue weighted by Gasteiger charge is 2.10. The third-order valence-corrected chi connectivity index (χ3v) is 3.03. The Balaban J connectivity index is 2.13. The largest absolute Gasteiger partial charge is 0.489 e. The van der Waals surface area contributed by atoms with Gasteiger partial charge in [-0.1, -0.05) is 30.3 Å². The van der Waals surface area contributed by atoms with E-state index in [4.69, 9.17) is 9.84 Å². The Morgan fingerprint density at radius 1 is 1.10 bits per heavy atom. The van der Waals surface area contributed by atoms with Gasteiger partial charge in [0.05, 0.1) is 11.0 Å². The number of aliphatic hydroxyl groups is 1. The van der Waals surface area contributed by atoms with Gasteiger partial charge in [0.25, 0.3) is 5.69 Å². The molecular formula is C16H17NO4. The molecule has 0 aliphatic rings. The fraction of sp³-hybridized carbons (Fsp3) is 0.250. The van der Waals surface area contributed by atoms with Crippen LogP contribution in [0.4, 0.5) is 5.69 Å². The maximum atomic E-state index is 11.0. The van der Waals surface area contributed by atoms with Crippen LogP contribution >= 0.6 is 0 Å². The van der Waals surface area contributed by atoms with E-state index >= 15 is 0 Å². The Hall–Kier alpha value is -2.40. The van der Waals surface area contributed by atoms with Gasteiger partial charge in [0, 0.05) is 12.7 Å². The third-order valence-electron chi connectivity index (χ3n) is 3.03. The average molecular weight is 287 g/mol. The fourth-order valence-electron chi connectivity index (χ4n) is 2.00. The van der Waals surface area contributed by atoms with E-state index in [0.717, 1.165) is 11.1 Å². The van der Waals surface area contributed by atoms with Crippen molar-refractivity contribution in [1.29, 1.82) is 0 Å². The zero-order chi connectivity index (χ0) is 15.1. The number of nitrogens with zero attached hydrogens (tertiary/aromatic N) is 1. The van der Waals surface area contributed by atoms with Gasteiger partial charge < -0.3 is 9.84 Å². The maximum Gasteiger partial charge on any atom is 0.273 e. The highest BCUT2D eigenvalue weighted by atomic mass is 16.6. The summed E-state index contributed by atoms with van der Waals surface area (Å²) in [6, 6.07) is 14.3. The van der Waals surface area contributed by atoms with Crippen LogP contribution in [-0.4, -0.2) is 16.6 Å². The molecule has 0 unspecified atom stereocenters. The average Bonchev–Trinajstić information content (AvgIpc) is 2.51. The Labute approximate surface area is 123 Å². The molecule has 0 heterocycles. The molecule has 5 nitrogen and oxygen atoms in total. The molecule has 110 valence electrons. The van der Waals surface area contributed by atoms with Crippen molar-refractivity contribution in [2.75, 3.05) is 6.61 Å². The number of hydrogen-bond donors (Lipinski definition) is 1. The molecule has 0 saturated carbocycles. The van der Waals surface area contributed by atoms with Crippen molar-refractivity contribution < 1.29 is 14.8 Å². The predicted octanol–water partition coefficient (Wildman–Crippen LogP) is 3.10. The summed E-state index contributed by atoms with van der Waals surface area (Å²) in [6.45, 7) is 0.421. The first-order valence-corrected chi connectivity index (χ1v) is 6.75. The minimum Gasteiger partial charge on any atom is -0.489 e. The summed E-state index contributed by atoms with van der Waals surface area (Å²) >= 11 is 0. The topological polar surface area (TPSA) is 72.6 Å². The molecule has 0 spiro atoms. The van der Waals surface area contributed by atoms with Crippen LogP contribution in [0.2, 0.25) is 0 Å². The van der Waals surface area contributed by atoms with Crippen LogP contribution in [0.25, 0.3) is 0 Å². The Morgan fingerprint density at radius 2 is 1.86 bits per heavy atom. The number of hydrogen-bond acceptors (Lipinski definition) is 4. The predicted molar refractivity (Wildman–Crippen MR) is 79.3 cm³/mol. The number of aryl methyl sites for hydroxylation is 1. The molecule has 0 amide bonds. The lowest BCUT2D eigenvalue weighted by Gasteiger charge is -2.08. The quantitative estimate of drug-likeness (QED) is 0.627. The lowest BCUT2D eigenvalue weighted by Crippen LogP contribution is -1.98. The van der Waals surface area contributed by atoms with Crippen molar-refractivity contribution in [3.05, 3.63) is 69.8 Å². The normalized spacial score (nSPS) is 10.3. The van der Waals surface area contributed by atoms with Crippen LogP contribution in [0.5, 0.6) is 5.75 Å². The van der Waals surface area contributed by atoms with Gasteiger partial charge in [-0.05, 0) is 30.0 Å². The van der Waals surface area contributed by atoms with Crippen molar-refractivity contribution in [2.24, 2.45) is 0 Å². The van der Waals surface area contributed by atoms with Gasteiger partial charge in [-0.3, -0.25) is 10.1 Å². The number of nitro groups is 1. The van der Waals surface area contributed by atoms with Crippen molar-refractivity contribution in [1.82, 2.24) is 0 Å². The number of aliphatic hydroxyl groups excluding tert-OH is 1. The summed E-state index contributed by atoms with van der Waals surface area (Å²) in [7, 11) is 0. The zero-order valence-electron chi connectivity index (χ0n) is 11.6. The molecular weight excluding hydrogens is 270 g/mol.